The van der Waals surface area contributed by atoms with Gasteiger partial charge in [-0.25, -0.2) is 8.42 Å². The number of amides is 1. The lowest BCUT2D eigenvalue weighted by molar-refractivity contribution is -0.139. The van der Waals surface area contributed by atoms with E-state index >= 15 is 0 Å². The van der Waals surface area contributed by atoms with Crippen LogP contribution in [0.2, 0.25) is 10.0 Å². The number of hydrogen-bond donors (Lipinski definition) is 0. The smallest absolute Gasteiger partial charge is 0.246 e. The van der Waals surface area contributed by atoms with E-state index in [9.17, 15) is 13.2 Å². The summed E-state index contributed by atoms with van der Waals surface area (Å²) in [6.45, 7) is 6.57. The first-order chi connectivity index (χ1) is 12.7. The molecule has 3 rings (SSSR count). The van der Waals surface area contributed by atoms with Crippen LogP contribution in [0.15, 0.2) is 23.1 Å². The Balaban J connectivity index is 1.67. The molecular formula is C19H26Cl2N2O3S. The summed E-state index contributed by atoms with van der Waals surface area (Å²) >= 11 is 12.2. The third-order valence-electron chi connectivity index (χ3n) is 5.50. The van der Waals surface area contributed by atoms with E-state index in [0.717, 1.165) is 19.5 Å². The molecule has 0 aliphatic carbocycles. The number of halogens is 2. The second-order valence-corrected chi connectivity index (χ2v) is 10.6. The molecule has 150 valence electrons. The Kier molecular flexibility index (Phi) is 6.41. The lowest BCUT2D eigenvalue weighted by Gasteiger charge is -2.39. The van der Waals surface area contributed by atoms with E-state index in [1.54, 1.807) is 6.07 Å². The highest BCUT2D eigenvalue weighted by Gasteiger charge is 2.36. The van der Waals surface area contributed by atoms with E-state index in [1.165, 1.54) is 16.4 Å². The third kappa shape index (κ3) is 4.44. The monoisotopic (exact) mass is 432 g/mol. The van der Waals surface area contributed by atoms with Gasteiger partial charge in [-0.15, -0.1) is 0 Å². The van der Waals surface area contributed by atoms with Gasteiger partial charge in [0.2, 0.25) is 15.9 Å². The van der Waals surface area contributed by atoms with Crippen molar-refractivity contribution in [1.29, 1.82) is 0 Å². The van der Waals surface area contributed by atoms with Crippen molar-refractivity contribution in [2.45, 2.75) is 38.0 Å². The summed E-state index contributed by atoms with van der Waals surface area (Å²) in [4.78, 5) is 14.8. The van der Waals surface area contributed by atoms with E-state index in [4.69, 9.17) is 23.2 Å². The first kappa shape index (κ1) is 20.9. The Morgan fingerprint density at radius 2 is 1.56 bits per heavy atom. The van der Waals surface area contributed by atoms with E-state index in [2.05, 4.69) is 13.8 Å². The van der Waals surface area contributed by atoms with Crippen molar-refractivity contribution in [3.8, 4) is 0 Å². The van der Waals surface area contributed by atoms with Gasteiger partial charge in [0.1, 0.15) is 4.90 Å². The van der Waals surface area contributed by atoms with Gasteiger partial charge in [-0.2, -0.15) is 4.31 Å². The summed E-state index contributed by atoms with van der Waals surface area (Å²) in [5.74, 6) is 1.08. The summed E-state index contributed by atoms with van der Waals surface area (Å²) in [5.41, 5.74) is 0. The van der Waals surface area contributed by atoms with Crippen LogP contribution in [0.4, 0.5) is 0 Å². The van der Waals surface area contributed by atoms with Gasteiger partial charge in [0.05, 0.1) is 10.0 Å². The van der Waals surface area contributed by atoms with Gasteiger partial charge >= 0.3 is 0 Å². The average molecular weight is 433 g/mol. The highest BCUT2D eigenvalue weighted by molar-refractivity contribution is 7.89. The molecule has 0 saturated carbocycles. The number of hydrogen-bond acceptors (Lipinski definition) is 3. The molecule has 0 unspecified atom stereocenters. The highest BCUT2D eigenvalue weighted by Crippen LogP contribution is 2.34. The van der Waals surface area contributed by atoms with Gasteiger partial charge in [0.15, 0.2) is 0 Å². The summed E-state index contributed by atoms with van der Waals surface area (Å²) < 4.78 is 27.3. The van der Waals surface area contributed by atoms with Crippen LogP contribution in [0.1, 0.15) is 33.1 Å². The van der Waals surface area contributed by atoms with Crippen molar-refractivity contribution >= 4 is 39.1 Å². The van der Waals surface area contributed by atoms with Crippen LogP contribution in [0, 0.1) is 17.8 Å². The average Bonchev–Trinajstić information content (AvgIpc) is 2.60. The molecule has 0 radical (unpaired) electrons. The summed E-state index contributed by atoms with van der Waals surface area (Å²) in [5, 5.41) is 0.244. The zero-order chi connectivity index (χ0) is 19.8. The molecule has 5 nitrogen and oxygen atoms in total. The molecule has 2 atom stereocenters. The number of rotatable bonds is 3. The number of carbonyl (C=O) groups is 1. The molecule has 27 heavy (non-hydrogen) atoms. The summed E-state index contributed by atoms with van der Waals surface area (Å²) in [7, 11) is -3.77. The molecule has 2 fully saturated rings. The van der Waals surface area contributed by atoms with Crippen LogP contribution in [-0.4, -0.2) is 49.7 Å². The molecule has 0 aromatic heterocycles. The maximum absolute atomic E-state index is 13.0. The van der Waals surface area contributed by atoms with Crippen LogP contribution >= 0.6 is 23.2 Å². The quantitative estimate of drug-likeness (QED) is 0.727. The number of carbonyl (C=O) groups excluding carboxylic acids is 1. The van der Waals surface area contributed by atoms with Gasteiger partial charge in [-0.1, -0.05) is 43.1 Å². The summed E-state index contributed by atoms with van der Waals surface area (Å²) in [6.07, 6.45) is 2.21. The fourth-order valence-electron chi connectivity index (χ4n) is 4.30. The maximum atomic E-state index is 13.0. The topological polar surface area (TPSA) is 57.7 Å². The van der Waals surface area contributed by atoms with Crippen molar-refractivity contribution in [2.24, 2.45) is 17.8 Å². The van der Waals surface area contributed by atoms with Crippen molar-refractivity contribution in [1.82, 2.24) is 9.21 Å². The molecule has 0 bridgehead atoms. The largest absolute Gasteiger partial charge is 0.342 e. The van der Waals surface area contributed by atoms with Crippen molar-refractivity contribution in [2.75, 3.05) is 26.2 Å². The first-order valence-corrected chi connectivity index (χ1v) is 11.6. The SMILES string of the molecule is C[C@@H]1C[C@H](C)CN(C(=O)C2CCN(S(=O)(=O)c3c(Cl)cccc3Cl)CC2)C1. The normalized spacial score (nSPS) is 25.6. The molecular weight excluding hydrogens is 407 g/mol. The lowest BCUT2D eigenvalue weighted by Crippen LogP contribution is -2.48. The third-order valence-corrected chi connectivity index (χ3v) is 8.36. The molecule has 1 aromatic rings. The number of benzene rings is 1. The molecule has 0 spiro atoms. The van der Waals surface area contributed by atoms with Crippen LogP contribution in [-0.2, 0) is 14.8 Å². The van der Waals surface area contributed by atoms with Crippen LogP contribution in [0.25, 0.3) is 0 Å². The zero-order valence-corrected chi connectivity index (χ0v) is 18.0. The maximum Gasteiger partial charge on any atom is 0.246 e. The Labute approximate surface area is 171 Å². The van der Waals surface area contributed by atoms with E-state index < -0.39 is 10.0 Å². The highest BCUT2D eigenvalue weighted by atomic mass is 35.5. The second-order valence-electron chi connectivity index (χ2n) is 7.92. The van der Waals surface area contributed by atoms with Crippen molar-refractivity contribution in [3.05, 3.63) is 28.2 Å². The molecule has 0 N–H and O–H groups in total. The first-order valence-electron chi connectivity index (χ1n) is 9.43. The van der Waals surface area contributed by atoms with E-state index in [0.29, 0.717) is 37.8 Å². The number of nitrogens with zero attached hydrogens (tertiary/aromatic N) is 2. The lowest BCUT2D eigenvalue weighted by atomic mass is 9.89. The minimum Gasteiger partial charge on any atom is -0.342 e. The fourth-order valence-corrected chi connectivity index (χ4v) is 6.86. The van der Waals surface area contributed by atoms with Gasteiger partial charge in [-0.3, -0.25) is 4.79 Å². The minimum atomic E-state index is -3.77. The number of sulfonamides is 1. The molecule has 2 aliphatic heterocycles. The van der Waals surface area contributed by atoms with Crippen molar-refractivity contribution in [3.63, 3.8) is 0 Å². The van der Waals surface area contributed by atoms with Gasteiger partial charge in [0.25, 0.3) is 0 Å². The molecule has 1 aromatic carbocycles. The predicted molar refractivity (Wildman–Crippen MR) is 107 cm³/mol. The molecule has 2 saturated heterocycles. The molecule has 2 aliphatic rings. The minimum absolute atomic E-state index is 0.0446. The van der Waals surface area contributed by atoms with Crippen LogP contribution in [0.3, 0.4) is 0 Å². The second kappa shape index (κ2) is 8.27. The van der Waals surface area contributed by atoms with Crippen LogP contribution < -0.4 is 0 Å². The van der Waals surface area contributed by atoms with Gasteiger partial charge < -0.3 is 4.90 Å². The Bertz CT molecular complexity index is 777. The van der Waals surface area contributed by atoms with Crippen LogP contribution in [0.5, 0.6) is 0 Å². The van der Waals surface area contributed by atoms with E-state index in [1.807, 2.05) is 4.90 Å². The Morgan fingerprint density at radius 3 is 2.07 bits per heavy atom. The zero-order valence-electron chi connectivity index (χ0n) is 15.7. The molecule has 2 heterocycles. The van der Waals surface area contributed by atoms with Crippen molar-refractivity contribution < 1.29 is 13.2 Å². The van der Waals surface area contributed by atoms with Gasteiger partial charge in [-0.05, 0) is 43.2 Å². The molecule has 8 heteroatoms. The number of likely N-dealkylation sites (tertiary alicyclic amines) is 1. The standard InChI is InChI=1S/C19H26Cl2N2O3S/c1-13-10-14(2)12-22(11-13)19(24)15-6-8-23(9-7-15)27(25,26)18-16(20)4-3-5-17(18)21/h3-5,13-15H,6-12H2,1-2H3/t13-,14+. The predicted octanol–water partition coefficient (Wildman–Crippen LogP) is 3.90. The number of piperidine rings is 2. The van der Waals surface area contributed by atoms with Gasteiger partial charge in [0, 0.05) is 32.1 Å². The summed E-state index contributed by atoms with van der Waals surface area (Å²) in [6, 6.07) is 4.67. The fraction of sp³-hybridized carbons (Fsp3) is 0.632. The van der Waals surface area contributed by atoms with E-state index in [-0.39, 0.29) is 26.8 Å². The Hall–Kier alpha value is -0.820. The molecule has 1 amide bonds. The Morgan fingerprint density at radius 1 is 1.04 bits per heavy atom.